The van der Waals surface area contributed by atoms with Crippen LogP contribution in [-0.2, 0) is 0 Å². The molecule has 0 atom stereocenters. The van der Waals surface area contributed by atoms with Crippen molar-refractivity contribution in [1.82, 2.24) is 15.5 Å². The summed E-state index contributed by atoms with van der Waals surface area (Å²) in [6.45, 7) is 10.3. The molecule has 0 saturated heterocycles. The fourth-order valence-corrected chi connectivity index (χ4v) is 2.26. The van der Waals surface area contributed by atoms with Crippen LogP contribution in [0.25, 0.3) is 0 Å². The molecule has 0 spiro atoms. The first-order valence-electron chi connectivity index (χ1n) is 8.64. The maximum atomic E-state index is 5.67. The van der Waals surface area contributed by atoms with E-state index in [1.54, 1.807) is 7.05 Å². The molecule has 0 amide bonds. The average molecular weight is 320 g/mol. The van der Waals surface area contributed by atoms with Gasteiger partial charge in [0, 0.05) is 20.1 Å². The third kappa shape index (κ3) is 9.08. The van der Waals surface area contributed by atoms with Crippen molar-refractivity contribution in [2.24, 2.45) is 4.99 Å². The SMILES string of the molecule is CCN(CC)CCCNC(=NC)NCCCOc1ccccc1. The first-order chi connectivity index (χ1) is 11.3. The summed E-state index contributed by atoms with van der Waals surface area (Å²) in [5, 5.41) is 6.67. The molecule has 1 aromatic carbocycles. The molecule has 1 aromatic rings. The summed E-state index contributed by atoms with van der Waals surface area (Å²) in [6.07, 6.45) is 2.06. The van der Waals surface area contributed by atoms with Gasteiger partial charge in [0.25, 0.3) is 0 Å². The van der Waals surface area contributed by atoms with Gasteiger partial charge in [-0.1, -0.05) is 32.0 Å². The molecule has 0 heterocycles. The van der Waals surface area contributed by atoms with Crippen molar-refractivity contribution in [3.05, 3.63) is 30.3 Å². The normalized spacial score (nSPS) is 11.6. The second kappa shape index (κ2) is 12.8. The van der Waals surface area contributed by atoms with Crippen LogP contribution in [-0.4, -0.2) is 57.2 Å². The smallest absolute Gasteiger partial charge is 0.190 e. The second-order valence-electron chi connectivity index (χ2n) is 5.32. The molecule has 0 radical (unpaired) electrons. The van der Waals surface area contributed by atoms with Crippen LogP contribution in [0.3, 0.4) is 0 Å². The van der Waals surface area contributed by atoms with E-state index < -0.39 is 0 Å². The molecule has 0 aliphatic carbocycles. The van der Waals surface area contributed by atoms with Crippen molar-refractivity contribution in [3.8, 4) is 5.75 Å². The summed E-state index contributed by atoms with van der Waals surface area (Å²) in [6, 6.07) is 9.91. The van der Waals surface area contributed by atoms with Crippen molar-refractivity contribution in [2.45, 2.75) is 26.7 Å². The number of para-hydroxylation sites is 1. The average Bonchev–Trinajstić information content (AvgIpc) is 2.60. The molecule has 0 fully saturated rings. The predicted octanol–water partition coefficient (Wildman–Crippen LogP) is 2.35. The van der Waals surface area contributed by atoms with Crippen molar-refractivity contribution in [1.29, 1.82) is 0 Å². The molecule has 0 aliphatic rings. The monoisotopic (exact) mass is 320 g/mol. The Hall–Kier alpha value is -1.75. The molecule has 0 bridgehead atoms. The van der Waals surface area contributed by atoms with Gasteiger partial charge in [-0.2, -0.15) is 0 Å². The number of hydrogen-bond acceptors (Lipinski definition) is 3. The van der Waals surface area contributed by atoms with Gasteiger partial charge in [0.15, 0.2) is 5.96 Å². The minimum Gasteiger partial charge on any atom is -0.494 e. The Morgan fingerprint density at radius 1 is 1.04 bits per heavy atom. The Labute approximate surface area is 141 Å². The highest BCUT2D eigenvalue weighted by Gasteiger charge is 2.00. The fourth-order valence-electron chi connectivity index (χ4n) is 2.26. The zero-order valence-electron chi connectivity index (χ0n) is 14.8. The number of rotatable bonds is 11. The first-order valence-corrected chi connectivity index (χ1v) is 8.64. The van der Waals surface area contributed by atoms with Crippen LogP contribution in [0.15, 0.2) is 35.3 Å². The van der Waals surface area contributed by atoms with Gasteiger partial charge < -0.3 is 20.3 Å². The highest BCUT2D eigenvalue weighted by molar-refractivity contribution is 5.79. The van der Waals surface area contributed by atoms with Gasteiger partial charge >= 0.3 is 0 Å². The minimum absolute atomic E-state index is 0.704. The number of benzene rings is 1. The maximum Gasteiger partial charge on any atom is 0.190 e. The number of hydrogen-bond donors (Lipinski definition) is 2. The van der Waals surface area contributed by atoms with Gasteiger partial charge in [-0.25, -0.2) is 0 Å². The summed E-state index contributed by atoms with van der Waals surface area (Å²) in [5.41, 5.74) is 0. The number of guanidine groups is 1. The van der Waals surface area contributed by atoms with E-state index in [0.717, 1.165) is 57.3 Å². The molecule has 130 valence electrons. The highest BCUT2D eigenvalue weighted by atomic mass is 16.5. The van der Waals surface area contributed by atoms with Gasteiger partial charge in [0.05, 0.1) is 6.61 Å². The summed E-state index contributed by atoms with van der Waals surface area (Å²) in [7, 11) is 1.81. The minimum atomic E-state index is 0.704. The quantitative estimate of drug-likeness (QED) is 0.373. The van der Waals surface area contributed by atoms with E-state index in [0.29, 0.717) is 6.61 Å². The molecular formula is C18H32N4O. The summed E-state index contributed by atoms with van der Waals surface area (Å²) in [5.74, 6) is 1.79. The largest absolute Gasteiger partial charge is 0.494 e. The first kappa shape index (κ1) is 19.3. The Balaban J connectivity index is 2.05. The highest BCUT2D eigenvalue weighted by Crippen LogP contribution is 2.07. The van der Waals surface area contributed by atoms with E-state index in [1.165, 1.54) is 0 Å². The van der Waals surface area contributed by atoms with Crippen molar-refractivity contribution < 1.29 is 4.74 Å². The van der Waals surface area contributed by atoms with Crippen LogP contribution in [0, 0.1) is 0 Å². The standard InChI is InChI=1S/C18H32N4O/c1-4-22(5-2)15-9-13-20-18(19-3)21-14-10-16-23-17-11-7-6-8-12-17/h6-8,11-12H,4-5,9-10,13-16H2,1-3H3,(H2,19,20,21). The van der Waals surface area contributed by atoms with Crippen LogP contribution in [0.1, 0.15) is 26.7 Å². The van der Waals surface area contributed by atoms with E-state index in [4.69, 9.17) is 4.74 Å². The van der Waals surface area contributed by atoms with E-state index in [9.17, 15) is 0 Å². The van der Waals surface area contributed by atoms with E-state index in [1.807, 2.05) is 30.3 Å². The van der Waals surface area contributed by atoms with E-state index >= 15 is 0 Å². The molecule has 0 aromatic heterocycles. The zero-order valence-corrected chi connectivity index (χ0v) is 14.8. The molecule has 0 aliphatic heterocycles. The molecule has 5 heteroatoms. The number of nitrogens with one attached hydrogen (secondary N) is 2. The van der Waals surface area contributed by atoms with E-state index in [2.05, 4.69) is 34.4 Å². The van der Waals surface area contributed by atoms with Crippen LogP contribution in [0.4, 0.5) is 0 Å². The lowest BCUT2D eigenvalue weighted by Crippen LogP contribution is -2.39. The Morgan fingerprint density at radius 2 is 1.70 bits per heavy atom. The van der Waals surface area contributed by atoms with Crippen LogP contribution >= 0.6 is 0 Å². The van der Waals surface area contributed by atoms with Gasteiger partial charge in [0.1, 0.15) is 5.75 Å². The number of aliphatic imine (C=N–C) groups is 1. The molecule has 2 N–H and O–H groups in total. The van der Waals surface area contributed by atoms with Gasteiger partial charge in [-0.05, 0) is 44.6 Å². The predicted molar refractivity (Wildman–Crippen MR) is 98.3 cm³/mol. The topological polar surface area (TPSA) is 48.9 Å². The van der Waals surface area contributed by atoms with Gasteiger partial charge in [-0.15, -0.1) is 0 Å². The Bertz CT molecular complexity index is 418. The third-order valence-corrected chi connectivity index (χ3v) is 3.69. The summed E-state index contributed by atoms with van der Waals surface area (Å²) >= 11 is 0. The fraction of sp³-hybridized carbons (Fsp3) is 0.611. The lowest BCUT2D eigenvalue weighted by Gasteiger charge is -2.18. The summed E-state index contributed by atoms with van der Waals surface area (Å²) < 4.78 is 5.67. The number of nitrogens with zero attached hydrogens (tertiary/aromatic N) is 2. The van der Waals surface area contributed by atoms with Crippen LogP contribution in [0.5, 0.6) is 5.75 Å². The number of ether oxygens (including phenoxy) is 1. The van der Waals surface area contributed by atoms with E-state index in [-0.39, 0.29) is 0 Å². The van der Waals surface area contributed by atoms with Crippen molar-refractivity contribution in [2.75, 3.05) is 46.4 Å². The van der Waals surface area contributed by atoms with Gasteiger partial charge in [0.2, 0.25) is 0 Å². The molecule has 5 nitrogen and oxygen atoms in total. The third-order valence-electron chi connectivity index (χ3n) is 3.69. The Kier molecular flexibility index (Phi) is 10.7. The summed E-state index contributed by atoms with van der Waals surface area (Å²) in [4.78, 5) is 6.67. The molecular weight excluding hydrogens is 288 g/mol. The molecule has 1 rings (SSSR count). The van der Waals surface area contributed by atoms with Crippen LogP contribution in [0.2, 0.25) is 0 Å². The van der Waals surface area contributed by atoms with Crippen molar-refractivity contribution in [3.63, 3.8) is 0 Å². The molecule has 0 unspecified atom stereocenters. The zero-order chi connectivity index (χ0) is 16.8. The second-order valence-corrected chi connectivity index (χ2v) is 5.32. The van der Waals surface area contributed by atoms with Gasteiger partial charge in [-0.3, -0.25) is 4.99 Å². The Morgan fingerprint density at radius 3 is 2.30 bits per heavy atom. The maximum absolute atomic E-state index is 5.67. The van der Waals surface area contributed by atoms with Crippen LogP contribution < -0.4 is 15.4 Å². The van der Waals surface area contributed by atoms with Crippen molar-refractivity contribution >= 4 is 5.96 Å². The molecule has 0 saturated carbocycles. The lowest BCUT2D eigenvalue weighted by molar-refractivity contribution is 0.300. The molecule has 23 heavy (non-hydrogen) atoms. The lowest BCUT2D eigenvalue weighted by atomic mass is 10.3.